The van der Waals surface area contributed by atoms with Gasteiger partial charge in [-0.25, -0.2) is 0 Å². The van der Waals surface area contributed by atoms with E-state index in [2.05, 4.69) is 20.8 Å². The average Bonchev–Trinajstić information content (AvgIpc) is 2.90. The van der Waals surface area contributed by atoms with Gasteiger partial charge in [0, 0.05) is 18.4 Å². The van der Waals surface area contributed by atoms with Crippen molar-refractivity contribution >= 4 is 5.78 Å². The van der Waals surface area contributed by atoms with E-state index in [0.717, 1.165) is 12.8 Å². The lowest BCUT2D eigenvalue weighted by atomic mass is 9.46. The van der Waals surface area contributed by atoms with Crippen LogP contribution in [0.15, 0.2) is 0 Å². The standard InChI is InChI=1S/C18H28O5/c1-16(2)8-7-9-18(5)10(15(20-6)21-9)11(19)12-13(14(16)18)23-17(3,4)22-12/h9-10,12-15H,7-8H2,1-6H3/t9-,10-,12-,13-,14-,15+,18+/m0/s1. The molecule has 23 heavy (non-hydrogen) atoms. The van der Waals surface area contributed by atoms with Crippen LogP contribution in [0.3, 0.4) is 0 Å². The summed E-state index contributed by atoms with van der Waals surface area (Å²) in [7, 11) is 1.63. The maximum atomic E-state index is 13.2. The summed E-state index contributed by atoms with van der Waals surface area (Å²) in [4.78, 5) is 13.2. The molecule has 7 atom stereocenters. The van der Waals surface area contributed by atoms with Crippen molar-refractivity contribution in [3.05, 3.63) is 0 Å². The second-order valence-electron chi connectivity index (χ2n) is 9.00. The number of ether oxygens (including phenoxy) is 4. The molecule has 0 aromatic heterocycles. The maximum Gasteiger partial charge on any atom is 0.173 e. The first-order valence-corrected chi connectivity index (χ1v) is 8.69. The van der Waals surface area contributed by atoms with Crippen LogP contribution in [0.1, 0.15) is 47.5 Å². The number of hydrogen-bond acceptors (Lipinski definition) is 5. The van der Waals surface area contributed by atoms with Crippen molar-refractivity contribution in [1.82, 2.24) is 0 Å². The van der Waals surface area contributed by atoms with E-state index in [1.165, 1.54) is 0 Å². The van der Waals surface area contributed by atoms with Crippen molar-refractivity contribution in [2.75, 3.05) is 7.11 Å². The van der Waals surface area contributed by atoms with Gasteiger partial charge in [-0.1, -0.05) is 20.8 Å². The molecule has 0 N–H and O–H groups in total. The molecule has 5 heteroatoms. The fourth-order valence-corrected chi connectivity index (χ4v) is 6.01. The molecule has 2 heterocycles. The second-order valence-corrected chi connectivity index (χ2v) is 9.00. The quantitative estimate of drug-likeness (QED) is 0.742. The molecule has 2 aliphatic heterocycles. The molecular weight excluding hydrogens is 296 g/mol. The lowest BCUT2D eigenvalue weighted by molar-refractivity contribution is -0.181. The molecule has 4 aliphatic rings. The van der Waals surface area contributed by atoms with Crippen molar-refractivity contribution < 1.29 is 23.7 Å². The minimum absolute atomic E-state index is 0.0488. The van der Waals surface area contributed by atoms with Crippen LogP contribution >= 0.6 is 0 Å². The third-order valence-electron chi connectivity index (χ3n) is 6.77. The molecule has 0 aromatic carbocycles. The van der Waals surface area contributed by atoms with Crippen LogP contribution in [0, 0.1) is 22.7 Å². The highest BCUT2D eigenvalue weighted by atomic mass is 16.8. The molecule has 4 fully saturated rings. The molecule has 0 radical (unpaired) electrons. The Kier molecular flexibility index (Phi) is 3.18. The second kappa shape index (κ2) is 4.57. The highest BCUT2D eigenvalue weighted by Crippen LogP contribution is 2.66. The van der Waals surface area contributed by atoms with Crippen molar-refractivity contribution in [3.8, 4) is 0 Å². The Balaban J connectivity index is 1.86. The van der Waals surface area contributed by atoms with Crippen molar-refractivity contribution in [3.63, 3.8) is 0 Å². The van der Waals surface area contributed by atoms with E-state index < -0.39 is 18.2 Å². The number of fused-ring (bicyclic) bond motifs is 2. The van der Waals surface area contributed by atoms with E-state index in [1.807, 2.05) is 13.8 Å². The molecule has 5 nitrogen and oxygen atoms in total. The Labute approximate surface area is 138 Å². The van der Waals surface area contributed by atoms with Crippen LogP contribution in [0.25, 0.3) is 0 Å². The highest BCUT2D eigenvalue weighted by Gasteiger charge is 2.73. The maximum absolute atomic E-state index is 13.2. The highest BCUT2D eigenvalue weighted by molar-refractivity contribution is 5.89. The minimum Gasteiger partial charge on any atom is -0.355 e. The molecule has 0 spiro atoms. The van der Waals surface area contributed by atoms with Gasteiger partial charge in [0.1, 0.15) is 6.10 Å². The first-order valence-electron chi connectivity index (χ1n) is 8.69. The Morgan fingerprint density at radius 2 is 1.83 bits per heavy atom. The average molecular weight is 324 g/mol. The monoisotopic (exact) mass is 324 g/mol. The zero-order valence-corrected chi connectivity index (χ0v) is 14.9. The number of carbonyl (C=O) groups is 1. The van der Waals surface area contributed by atoms with Gasteiger partial charge < -0.3 is 18.9 Å². The van der Waals surface area contributed by atoms with E-state index in [-0.39, 0.29) is 40.7 Å². The molecular formula is C18H28O5. The van der Waals surface area contributed by atoms with Crippen LogP contribution in [-0.4, -0.2) is 43.3 Å². The Morgan fingerprint density at radius 3 is 2.48 bits per heavy atom. The van der Waals surface area contributed by atoms with Crippen molar-refractivity contribution in [2.45, 2.75) is 77.8 Å². The molecule has 2 aliphatic carbocycles. The zero-order valence-electron chi connectivity index (χ0n) is 14.9. The molecule has 0 aromatic rings. The van der Waals surface area contributed by atoms with Crippen LogP contribution in [0.5, 0.6) is 0 Å². The Hall–Kier alpha value is -0.490. The van der Waals surface area contributed by atoms with Gasteiger partial charge in [-0.2, -0.15) is 0 Å². The third kappa shape index (κ3) is 1.91. The predicted molar refractivity (Wildman–Crippen MR) is 82.6 cm³/mol. The summed E-state index contributed by atoms with van der Waals surface area (Å²) < 4.78 is 24.0. The minimum atomic E-state index is -0.716. The van der Waals surface area contributed by atoms with E-state index in [9.17, 15) is 4.79 Å². The number of Topliss-reactive ketones (excluding diaryl/α,β-unsaturated/α-hetero) is 1. The summed E-state index contributed by atoms with van der Waals surface area (Å²) in [5.41, 5.74) is -0.187. The SMILES string of the molecule is CO[C@@H]1O[C@H]2CCC(C)(C)[C@@H]3[C@H]4OC(C)(C)O[C@H]4C(=O)[C@@H]1[C@@]23C. The first kappa shape index (κ1) is 16.0. The number of carbonyl (C=O) groups excluding carboxylic acids is 1. The fraction of sp³-hybridized carbons (Fsp3) is 0.944. The lowest BCUT2D eigenvalue weighted by Crippen LogP contribution is -2.65. The Morgan fingerprint density at radius 1 is 1.13 bits per heavy atom. The van der Waals surface area contributed by atoms with Gasteiger partial charge in [0.05, 0.1) is 18.1 Å². The van der Waals surface area contributed by atoms with Crippen LogP contribution in [0.2, 0.25) is 0 Å². The largest absolute Gasteiger partial charge is 0.355 e. The van der Waals surface area contributed by atoms with E-state index in [4.69, 9.17) is 18.9 Å². The van der Waals surface area contributed by atoms with E-state index in [1.54, 1.807) is 7.11 Å². The predicted octanol–water partition coefficient (Wildman–Crippen LogP) is 2.52. The van der Waals surface area contributed by atoms with Gasteiger partial charge in [0.15, 0.2) is 17.9 Å². The fourth-order valence-electron chi connectivity index (χ4n) is 6.01. The summed E-state index contributed by atoms with van der Waals surface area (Å²) >= 11 is 0. The number of rotatable bonds is 1. The van der Waals surface area contributed by atoms with Gasteiger partial charge >= 0.3 is 0 Å². The molecule has 0 amide bonds. The van der Waals surface area contributed by atoms with E-state index in [0.29, 0.717) is 0 Å². The summed E-state index contributed by atoms with van der Waals surface area (Å²) in [5, 5.41) is 0. The normalized spacial score (nSPS) is 53.0. The zero-order chi connectivity index (χ0) is 16.8. The van der Waals surface area contributed by atoms with Gasteiger partial charge in [-0.3, -0.25) is 4.79 Å². The summed E-state index contributed by atoms with van der Waals surface area (Å²) in [6.07, 6.45) is 0.893. The van der Waals surface area contributed by atoms with Gasteiger partial charge in [0.2, 0.25) is 0 Å². The van der Waals surface area contributed by atoms with Crippen LogP contribution in [-0.2, 0) is 23.7 Å². The first-order chi connectivity index (χ1) is 10.6. The molecule has 4 rings (SSSR count). The summed E-state index contributed by atoms with van der Waals surface area (Å²) in [6.45, 7) is 10.6. The van der Waals surface area contributed by atoms with Gasteiger partial charge in [0.25, 0.3) is 0 Å². The molecule has 130 valence electrons. The van der Waals surface area contributed by atoms with Gasteiger partial charge in [-0.15, -0.1) is 0 Å². The van der Waals surface area contributed by atoms with Crippen LogP contribution < -0.4 is 0 Å². The third-order valence-corrected chi connectivity index (χ3v) is 6.77. The molecule has 2 saturated heterocycles. The number of hydrogen-bond donors (Lipinski definition) is 0. The molecule has 2 saturated carbocycles. The topological polar surface area (TPSA) is 54.0 Å². The van der Waals surface area contributed by atoms with Crippen molar-refractivity contribution in [1.29, 1.82) is 0 Å². The molecule has 0 bridgehead atoms. The van der Waals surface area contributed by atoms with Gasteiger partial charge in [-0.05, 0) is 32.1 Å². The van der Waals surface area contributed by atoms with E-state index >= 15 is 0 Å². The summed E-state index contributed by atoms with van der Waals surface area (Å²) in [5.74, 6) is -0.692. The molecule has 0 unspecified atom stereocenters. The lowest BCUT2D eigenvalue weighted by Gasteiger charge is -2.57. The number of methoxy groups -OCH3 is 1. The van der Waals surface area contributed by atoms with Crippen LogP contribution in [0.4, 0.5) is 0 Å². The summed E-state index contributed by atoms with van der Waals surface area (Å²) in [6, 6.07) is 0. The smallest absolute Gasteiger partial charge is 0.173 e. The Bertz CT molecular complexity index is 542. The van der Waals surface area contributed by atoms with Crippen molar-refractivity contribution in [2.24, 2.45) is 22.7 Å². The number of ketones is 1.